The maximum atomic E-state index is 12.6. The van der Waals surface area contributed by atoms with Crippen LogP contribution in [0.3, 0.4) is 0 Å². The molecule has 1 aromatic carbocycles. The monoisotopic (exact) mass is 396 g/mol. The first kappa shape index (κ1) is 19.1. The number of thiophene rings is 1. The molecule has 2 amide bonds. The smallest absolute Gasteiger partial charge is 0.355 e. The van der Waals surface area contributed by atoms with Crippen LogP contribution in [-0.4, -0.2) is 24.6 Å². The summed E-state index contributed by atoms with van der Waals surface area (Å²) in [7, 11) is 1.46. The highest BCUT2D eigenvalue weighted by atomic mass is 32.1. The summed E-state index contributed by atoms with van der Waals surface area (Å²) in [5.41, 5.74) is 0.232. The van der Waals surface area contributed by atoms with E-state index in [9.17, 15) is 27.6 Å². The number of carbonyl (C=O) groups excluding carboxylic acids is 3. The van der Waals surface area contributed by atoms with Crippen molar-refractivity contribution in [1.82, 2.24) is 5.32 Å². The maximum Gasteiger partial charge on any atom is 0.416 e. The number of Topliss-reactive ketones (excluding diaryl/α,β-unsaturated/α-hetero) is 1. The molecule has 1 aliphatic rings. The van der Waals surface area contributed by atoms with Crippen molar-refractivity contribution in [2.45, 2.75) is 25.4 Å². The molecule has 0 spiro atoms. The molecule has 3 rings (SSSR count). The van der Waals surface area contributed by atoms with E-state index in [1.807, 2.05) is 0 Å². The molecule has 0 saturated heterocycles. The second-order valence-electron chi connectivity index (χ2n) is 6.03. The number of nitrogens with one attached hydrogen (secondary N) is 2. The number of hydrogen-bond donors (Lipinski definition) is 2. The molecule has 0 bridgehead atoms. The van der Waals surface area contributed by atoms with E-state index >= 15 is 0 Å². The highest BCUT2D eigenvalue weighted by Gasteiger charge is 2.31. The van der Waals surface area contributed by atoms with E-state index in [1.165, 1.54) is 7.05 Å². The van der Waals surface area contributed by atoms with E-state index < -0.39 is 17.6 Å². The van der Waals surface area contributed by atoms with Crippen molar-refractivity contribution in [3.05, 3.63) is 51.4 Å². The zero-order valence-corrected chi connectivity index (χ0v) is 15.0. The predicted octanol–water partition coefficient (Wildman–Crippen LogP) is 3.44. The summed E-state index contributed by atoms with van der Waals surface area (Å²) in [6.45, 7) is 0. The molecule has 0 aliphatic heterocycles. The van der Waals surface area contributed by atoms with Crippen molar-refractivity contribution in [3.63, 3.8) is 0 Å². The van der Waals surface area contributed by atoms with E-state index in [1.54, 1.807) is 0 Å². The standard InChI is InChI=1S/C18H15F3N2O3S/c1-22-16(26)14-12-7-6-11(24)8-13(12)27-17(14)23-15(25)9-2-4-10(5-3-9)18(19,20)21/h2-5H,6-8H2,1H3,(H,22,26)(H,23,25). The van der Waals surface area contributed by atoms with Gasteiger partial charge in [-0.05, 0) is 36.2 Å². The molecular formula is C18H15F3N2O3S. The summed E-state index contributed by atoms with van der Waals surface area (Å²) in [5, 5.41) is 5.40. The maximum absolute atomic E-state index is 12.6. The van der Waals surface area contributed by atoms with Crippen LogP contribution in [-0.2, 0) is 23.8 Å². The van der Waals surface area contributed by atoms with Crippen LogP contribution < -0.4 is 10.6 Å². The van der Waals surface area contributed by atoms with Crippen molar-refractivity contribution in [2.75, 3.05) is 12.4 Å². The number of rotatable bonds is 3. The highest BCUT2D eigenvalue weighted by molar-refractivity contribution is 7.17. The van der Waals surface area contributed by atoms with Gasteiger partial charge in [-0.3, -0.25) is 14.4 Å². The van der Waals surface area contributed by atoms with Crippen molar-refractivity contribution >= 4 is 33.9 Å². The van der Waals surface area contributed by atoms with Gasteiger partial charge in [-0.15, -0.1) is 11.3 Å². The van der Waals surface area contributed by atoms with Gasteiger partial charge in [-0.1, -0.05) is 0 Å². The minimum atomic E-state index is -4.49. The third-order valence-electron chi connectivity index (χ3n) is 4.26. The lowest BCUT2D eigenvalue weighted by molar-refractivity contribution is -0.137. The van der Waals surface area contributed by atoms with Crippen LogP contribution in [0.15, 0.2) is 24.3 Å². The lowest BCUT2D eigenvalue weighted by Gasteiger charge is -2.12. The fourth-order valence-corrected chi connectivity index (χ4v) is 4.16. The Morgan fingerprint density at radius 2 is 1.74 bits per heavy atom. The van der Waals surface area contributed by atoms with Gasteiger partial charge < -0.3 is 10.6 Å². The molecule has 1 heterocycles. The number of alkyl halides is 3. The number of carbonyl (C=O) groups is 3. The summed E-state index contributed by atoms with van der Waals surface area (Å²) in [4.78, 5) is 37.1. The average molecular weight is 396 g/mol. The van der Waals surface area contributed by atoms with Gasteiger partial charge in [0.15, 0.2) is 0 Å². The van der Waals surface area contributed by atoms with Gasteiger partial charge >= 0.3 is 6.18 Å². The third-order valence-corrected chi connectivity index (χ3v) is 5.41. The fraction of sp³-hybridized carbons (Fsp3) is 0.278. The Kier molecular flexibility index (Phi) is 5.05. The predicted molar refractivity (Wildman–Crippen MR) is 94.1 cm³/mol. The van der Waals surface area contributed by atoms with E-state index in [4.69, 9.17) is 0 Å². The Morgan fingerprint density at radius 3 is 2.33 bits per heavy atom. The topological polar surface area (TPSA) is 75.3 Å². The lowest BCUT2D eigenvalue weighted by atomic mass is 9.94. The minimum Gasteiger partial charge on any atom is -0.355 e. The second-order valence-corrected chi connectivity index (χ2v) is 7.14. The SMILES string of the molecule is CNC(=O)c1c(NC(=O)c2ccc(C(F)(F)F)cc2)sc2c1CCC(=O)C2. The molecule has 0 atom stereocenters. The Balaban J connectivity index is 1.89. The first-order chi connectivity index (χ1) is 12.7. The first-order valence-corrected chi connectivity index (χ1v) is 8.89. The summed E-state index contributed by atoms with van der Waals surface area (Å²) >= 11 is 1.15. The van der Waals surface area contributed by atoms with Gasteiger partial charge in [0.05, 0.1) is 11.1 Å². The van der Waals surface area contributed by atoms with Crippen LogP contribution in [0.25, 0.3) is 0 Å². The van der Waals surface area contributed by atoms with Crippen LogP contribution >= 0.6 is 11.3 Å². The Labute approximate surface area is 156 Å². The summed E-state index contributed by atoms with van der Waals surface area (Å²) < 4.78 is 37.9. The molecule has 27 heavy (non-hydrogen) atoms. The van der Waals surface area contributed by atoms with E-state index in [0.29, 0.717) is 23.4 Å². The molecule has 2 aromatic rings. The molecule has 0 unspecified atom stereocenters. The Bertz CT molecular complexity index is 917. The van der Waals surface area contributed by atoms with Crippen molar-refractivity contribution in [3.8, 4) is 0 Å². The van der Waals surface area contributed by atoms with Crippen molar-refractivity contribution in [2.24, 2.45) is 0 Å². The van der Waals surface area contributed by atoms with E-state index in [-0.39, 0.29) is 23.7 Å². The molecular weight excluding hydrogens is 381 g/mol. The van der Waals surface area contributed by atoms with E-state index in [2.05, 4.69) is 10.6 Å². The van der Waals surface area contributed by atoms with Gasteiger partial charge in [0.1, 0.15) is 10.8 Å². The molecule has 0 fully saturated rings. The molecule has 0 saturated carbocycles. The van der Waals surface area contributed by atoms with Crippen LogP contribution in [0.1, 0.15) is 43.1 Å². The highest BCUT2D eigenvalue weighted by Crippen LogP contribution is 2.37. The number of ketones is 1. The average Bonchev–Trinajstić information content (AvgIpc) is 2.97. The van der Waals surface area contributed by atoms with E-state index in [0.717, 1.165) is 46.0 Å². The Hall–Kier alpha value is -2.68. The molecule has 1 aromatic heterocycles. The van der Waals surface area contributed by atoms with Crippen LogP contribution in [0.2, 0.25) is 0 Å². The number of halogens is 3. The summed E-state index contributed by atoms with van der Waals surface area (Å²) in [5.74, 6) is -0.948. The lowest BCUT2D eigenvalue weighted by Crippen LogP contribution is -2.23. The van der Waals surface area contributed by atoms with Crippen LogP contribution in [0, 0.1) is 0 Å². The molecule has 142 valence electrons. The van der Waals surface area contributed by atoms with Gasteiger partial charge in [0, 0.05) is 30.3 Å². The fourth-order valence-electron chi connectivity index (χ4n) is 2.89. The van der Waals surface area contributed by atoms with Crippen LogP contribution in [0.5, 0.6) is 0 Å². The first-order valence-electron chi connectivity index (χ1n) is 8.07. The number of hydrogen-bond acceptors (Lipinski definition) is 4. The van der Waals surface area contributed by atoms with Crippen molar-refractivity contribution < 1.29 is 27.6 Å². The molecule has 9 heteroatoms. The quantitative estimate of drug-likeness (QED) is 0.835. The number of fused-ring (bicyclic) bond motifs is 1. The third kappa shape index (κ3) is 3.87. The van der Waals surface area contributed by atoms with Gasteiger partial charge in [0.2, 0.25) is 0 Å². The van der Waals surface area contributed by atoms with Crippen LogP contribution in [0.4, 0.5) is 18.2 Å². The number of anilines is 1. The minimum absolute atomic E-state index is 0.0355. The molecule has 2 N–H and O–H groups in total. The molecule has 5 nitrogen and oxygen atoms in total. The number of amides is 2. The largest absolute Gasteiger partial charge is 0.416 e. The molecule has 1 aliphatic carbocycles. The molecule has 0 radical (unpaired) electrons. The zero-order chi connectivity index (χ0) is 19.8. The van der Waals surface area contributed by atoms with Gasteiger partial charge in [-0.25, -0.2) is 0 Å². The van der Waals surface area contributed by atoms with Gasteiger partial charge in [0.25, 0.3) is 11.8 Å². The normalized spacial score (nSPS) is 13.9. The summed E-state index contributed by atoms with van der Waals surface area (Å²) in [6.07, 6.45) is -3.52. The van der Waals surface area contributed by atoms with Gasteiger partial charge in [-0.2, -0.15) is 13.2 Å². The summed E-state index contributed by atoms with van der Waals surface area (Å²) in [6, 6.07) is 3.81. The van der Waals surface area contributed by atoms with Crippen molar-refractivity contribution in [1.29, 1.82) is 0 Å². The second kappa shape index (κ2) is 7.15. The Morgan fingerprint density at radius 1 is 1.07 bits per heavy atom. The number of benzene rings is 1. The zero-order valence-electron chi connectivity index (χ0n) is 14.2.